The van der Waals surface area contributed by atoms with E-state index >= 15 is 0 Å². The number of carbonyl (C=O) groups excluding carboxylic acids is 1. The lowest BCUT2D eigenvalue weighted by Crippen LogP contribution is -2.15. The molecule has 0 bridgehead atoms. The van der Waals surface area contributed by atoms with Gasteiger partial charge in [0.05, 0.1) is 12.3 Å². The molecule has 0 atom stereocenters. The molecular formula is C24H28N2O5S. The molecule has 1 aromatic heterocycles. The van der Waals surface area contributed by atoms with Gasteiger partial charge in [-0.2, -0.15) is 0 Å². The maximum Gasteiger partial charge on any atom is 0.355 e. The van der Waals surface area contributed by atoms with Crippen LogP contribution in [0.4, 0.5) is 5.69 Å². The molecule has 3 aromatic rings. The van der Waals surface area contributed by atoms with Crippen molar-refractivity contribution in [3.63, 3.8) is 0 Å². The van der Waals surface area contributed by atoms with Crippen LogP contribution in [-0.2, 0) is 21.4 Å². The number of anilines is 1. The standard InChI is InChI=1S/C24H28N2O5S/c1-6-30-24(27)22-17(4)23(18(5)25-22)32(28,29)26-21-11-10-20(13-16(21)3)31-14-19-9-7-8-15(2)12-19/h7-13,25-26H,6,14H2,1-5H3. The molecule has 0 aliphatic heterocycles. The van der Waals surface area contributed by atoms with Crippen LogP contribution in [0.25, 0.3) is 0 Å². The van der Waals surface area contributed by atoms with Crippen molar-refractivity contribution in [3.8, 4) is 5.75 Å². The van der Waals surface area contributed by atoms with Crippen LogP contribution in [0.5, 0.6) is 5.75 Å². The van der Waals surface area contributed by atoms with Crippen LogP contribution in [0.15, 0.2) is 47.4 Å². The molecule has 0 radical (unpaired) electrons. The van der Waals surface area contributed by atoms with Gasteiger partial charge in [0.1, 0.15) is 22.9 Å². The minimum atomic E-state index is -3.93. The Labute approximate surface area is 188 Å². The molecule has 7 nitrogen and oxygen atoms in total. The first-order chi connectivity index (χ1) is 15.1. The first kappa shape index (κ1) is 23.4. The second-order valence-electron chi connectivity index (χ2n) is 7.66. The monoisotopic (exact) mass is 456 g/mol. The van der Waals surface area contributed by atoms with Crippen LogP contribution in [0.3, 0.4) is 0 Å². The van der Waals surface area contributed by atoms with E-state index in [1.807, 2.05) is 25.1 Å². The Bertz CT molecular complexity index is 1250. The lowest BCUT2D eigenvalue weighted by molar-refractivity contribution is 0.0519. The number of H-pyrrole nitrogens is 1. The number of carbonyl (C=O) groups is 1. The Morgan fingerprint density at radius 3 is 2.47 bits per heavy atom. The highest BCUT2D eigenvalue weighted by atomic mass is 32.2. The van der Waals surface area contributed by atoms with Gasteiger partial charge in [0.2, 0.25) is 0 Å². The summed E-state index contributed by atoms with van der Waals surface area (Å²) in [6.07, 6.45) is 0. The van der Waals surface area contributed by atoms with Crippen molar-refractivity contribution in [3.05, 3.63) is 76.1 Å². The van der Waals surface area contributed by atoms with Crippen molar-refractivity contribution in [2.24, 2.45) is 0 Å². The van der Waals surface area contributed by atoms with Gasteiger partial charge >= 0.3 is 5.97 Å². The quantitative estimate of drug-likeness (QED) is 0.474. The number of rotatable bonds is 8. The normalized spacial score (nSPS) is 11.3. The third kappa shape index (κ3) is 5.13. The maximum absolute atomic E-state index is 13.1. The molecule has 0 aliphatic rings. The number of benzene rings is 2. The van der Waals surface area contributed by atoms with Gasteiger partial charge < -0.3 is 14.5 Å². The number of hydrogen-bond acceptors (Lipinski definition) is 5. The molecular weight excluding hydrogens is 428 g/mol. The van der Waals surface area contributed by atoms with Crippen LogP contribution in [0, 0.1) is 27.7 Å². The summed E-state index contributed by atoms with van der Waals surface area (Å²) in [6, 6.07) is 13.2. The predicted octanol–water partition coefficient (Wildman–Crippen LogP) is 4.80. The molecule has 0 fully saturated rings. The van der Waals surface area contributed by atoms with E-state index < -0.39 is 16.0 Å². The topological polar surface area (TPSA) is 97.5 Å². The Kier molecular flexibility index (Phi) is 6.93. The van der Waals surface area contributed by atoms with E-state index in [-0.39, 0.29) is 17.2 Å². The molecule has 0 amide bonds. The van der Waals surface area contributed by atoms with E-state index in [1.165, 1.54) is 0 Å². The Morgan fingerprint density at radius 2 is 1.81 bits per heavy atom. The van der Waals surface area contributed by atoms with Crippen molar-refractivity contribution in [2.75, 3.05) is 11.3 Å². The molecule has 0 unspecified atom stereocenters. The van der Waals surface area contributed by atoms with Gasteiger partial charge in [-0.3, -0.25) is 4.72 Å². The summed E-state index contributed by atoms with van der Waals surface area (Å²) in [4.78, 5) is 15.0. The predicted molar refractivity (Wildman–Crippen MR) is 124 cm³/mol. The number of sulfonamides is 1. The van der Waals surface area contributed by atoms with E-state index in [0.717, 1.165) is 11.1 Å². The molecule has 0 saturated carbocycles. The number of hydrogen-bond donors (Lipinski definition) is 2. The number of esters is 1. The summed E-state index contributed by atoms with van der Waals surface area (Å²) in [5.41, 5.74) is 4.20. The average Bonchev–Trinajstić information content (AvgIpc) is 3.03. The van der Waals surface area contributed by atoms with Crippen molar-refractivity contribution >= 4 is 21.7 Å². The molecule has 8 heteroatoms. The van der Waals surface area contributed by atoms with Gasteiger partial charge in [0, 0.05) is 11.3 Å². The fourth-order valence-corrected chi connectivity index (χ4v) is 5.13. The number of nitrogens with one attached hydrogen (secondary N) is 2. The summed E-state index contributed by atoms with van der Waals surface area (Å²) in [5, 5.41) is 0. The van der Waals surface area contributed by atoms with E-state index in [1.54, 1.807) is 45.9 Å². The SMILES string of the molecule is CCOC(=O)c1[nH]c(C)c(S(=O)(=O)Nc2ccc(OCc3cccc(C)c3)cc2C)c1C. The summed E-state index contributed by atoms with van der Waals surface area (Å²) >= 11 is 0. The minimum absolute atomic E-state index is 0.0414. The minimum Gasteiger partial charge on any atom is -0.489 e. The number of aromatic nitrogens is 1. The zero-order chi connectivity index (χ0) is 23.5. The molecule has 0 saturated heterocycles. The van der Waals surface area contributed by atoms with Crippen molar-refractivity contribution in [1.82, 2.24) is 4.98 Å². The van der Waals surface area contributed by atoms with E-state index in [9.17, 15) is 13.2 Å². The van der Waals surface area contributed by atoms with Gasteiger partial charge in [-0.25, -0.2) is 13.2 Å². The van der Waals surface area contributed by atoms with E-state index in [2.05, 4.69) is 15.8 Å². The highest BCUT2D eigenvalue weighted by Gasteiger charge is 2.27. The zero-order valence-corrected chi connectivity index (χ0v) is 19.7. The molecule has 1 heterocycles. The fourth-order valence-electron chi connectivity index (χ4n) is 3.55. The fraction of sp³-hybridized carbons (Fsp3) is 0.292. The van der Waals surface area contributed by atoms with Gasteiger partial charge in [0.15, 0.2) is 0 Å². The number of ether oxygens (including phenoxy) is 2. The average molecular weight is 457 g/mol. The molecule has 3 rings (SSSR count). The van der Waals surface area contributed by atoms with Gasteiger partial charge in [-0.15, -0.1) is 0 Å². The van der Waals surface area contributed by atoms with Gasteiger partial charge in [-0.05, 0) is 63.9 Å². The lowest BCUT2D eigenvalue weighted by Gasteiger charge is -2.13. The van der Waals surface area contributed by atoms with Crippen LogP contribution >= 0.6 is 0 Å². The first-order valence-corrected chi connectivity index (χ1v) is 11.8. The largest absolute Gasteiger partial charge is 0.489 e. The third-order valence-corrected chi connectivity index (χ3v) is 6.69. The highest BCUT2D eigenvalue weighted by Crippen LogP contribution is 2.29. The van der Waals surface area contributed by atoms with Crippen molar-refractivity contribution < 1.29 is 22.7 Å². The van der Waals surface area contributed by atoms with Crippen LogP contribution in [0.2, 0.25) is 0 Å². The molecule has 32 heavy (non-hydrogen) atoms. The maximum atomic E-state index is 13.1. The summed E-state index contributed by atoms with van der Waals surface area (Å²) in [6.45, 7) is 9.34. The third-order valence-electron chi connectivity index (χ3n) is 5.05. The number of aromatic amines is 1. The zero-order valence-electron chi connectivity index (χ0n) is 18.9. The second-order valence-corrected chi connectivity index (χ2v) is 9.28. The van der Waals surface area contributed by atoms with E-state index in [4.69, 9.17) is 9.47 Å². The first-order valence-electron chi connectivity index (χ1n) is 10.3. The highest BCUT2D eigenvalue weighted by molar-refractivity contribution is 7.92. The molecule has 2 aromatic carbocycles. The number of aryl methyl sites for hydroxylation is 3. The molecule has 0 aliphatic carbocycles. The van der Waals surface area contributed by atoms with Crippen molar-refractivity contribution in [2.45, 2.75) is 46.1 Å². The van der Waals surface area contributed by atoms with Crippen LogP contribution in [0.1, 0.15) is 45.4 Å². The van der Waals surface area contributed by atoms with Crippen LogP contribution in [-0.4, -0.2) is 26.0 Å². The molecule has 170 valence electrons. The Morgan fingerprint density at radius 1 is 1.06 bits per heavy atom. The summed E-state index contributed by atoms with van der Waals surface area (Å²) in [5.74, 6) is 0.0615. The smallest absolute Gasteiger partial charge is 0.355 e. The Hall–Kier alpha value is -3.26. The second kappa shape index (κ2) is 9.48. The van der Waals surface area contributed by atoms with Gasteiger partial charge in [0.25, 0.3) is 10.0 Å². The summed E-state index contributed by atoms with van der Waals surface area (Å²) < 4.78 is 39.7. The van der Waals surface area contributed by atoms with Crippen molar-refractivity contribution in [1.29, 1.82) is 0 Å². The van der Waals surface area contributed by atoms with Gasteiger partial charge in [-0.1, -0.05) is 29.8 Å². The molecule has 0 spiro atoms. The molecule has 2 N–H and O–H groups in total. The van der Waals surface area contributed by atoms with Crippen LogP contribution < -0.4 is 9.46 Å². The van der Waals surface area contributed by atoms with E-state index in [0.29, 0.717) is 34.9 Å². The Balaban J connectivity index is 1.79. The summed E-state index contributed by atoms with van der Waals surface area (Å²) in [7, 11) is -3.93. The lowest BCUT2D eigenvalue weighted by atomic mass is 10.1.